The molecule has 1 heterocycles. The zero-order chi connectivity index (χ0) is 10.6. The molecule has 1 fully saturated rings. The first kappa shape index (κ1) is 11.5. The van der Waals surface area contributed by atoms with Gasteiger partial charge in [-0.05, 0) is 26.7 Å². The Labute approximate surface area is 85.2 Å². The van der Waals surface area contributed by atoms with Gasteiger partial charge in [-0.15, -0.1) is 0 Å². The first-order valence-corrected chi connectivity index (χ1v) is 5.16. The molecular formula is C10H20N2O2. The molecule has 1 aliphatic rings. The topological polar surface area (TPSA) is 64.3 Å². The standard InChI is InChI=1S/C10H20N2O2/c1-10(2)5-3-8(14-10)7-12-6-4-9(11)13/h8,12H,3-7H2,1-2H3,(H2,11,13). The van der Waals surface area contributed by atoms with E-state index in [0.717, 1.165) is 19.4 Å². The maximum atomic E-state index is 10.4. The molecule has 1 aliphatic heterocycles. The van der Waals surface area contributed by atoms with Crippen LogP contribution in [0.15, 0.2) is 0 Å². The van der Waals surface area contributed by atoms with Crippen molar-refractivity contribution in [2.24, 2.45) is 5.73 Å². The van der Waals surface area contributed by atoms with Gasteiger partial charge >= 0.3 is 0 Å². The van der Waals surface area contributed by atoms with E-state index in [1.165, 1.54) is 0 Å². The molecule has 0 aromatic heterocycles. The van der Waals surface area contributed by atoms with E-state index in [4.69, 9.17) is 10.5 Å². The van der Waals surface area contributed by atoms with Crippen LogP contribution >= 0.6 is 0 Å². The van der Waals surface area contributed by atoms with Gasteiger partial charge in [0.25, 0.3) is 0 Å². The lowest BCUT2D eigenvalue weighted by atomic mass is 10.1. The van der Waals surface area contributed by atoms with Gasteiger partial charge in [0.2, 0.25) is 5.91 Å². The van der Waals surface area contributed by atoms with Gasteiger partial charge in [0, 0.05) is 19.5 Å². The van der Waals surface area contributed by atoms with Gasteiger partial charge in [0.1, 0.15) is 0 Å². The lowest BCUT2D eigenvalue weighted by Gasteiger charge is -2.19. The maximum absolute atomic E-state index is 10.4. The molecule has 1 amide bonds. The SMILES string of the molecule is CC1(C)CCC(CNCCC(N)=O)O1. The monoisotopic (exact) mass is 200 g/mol. The number of carbonyl (C=O) groups is 1. The number of primary amides is 1. The average molecular weight is 200 g/mol. The molecule has 82 valence electrons. The number of nitrogens with two attached hydrogens (primary N) is 1. The van der Waals surface area contributed by atoms with Crippen molar-refractivity contribution in [3.05, 3.63) is 0 Å². The molecule has 1 rings (SSSR count). The van der Waals surface area contributed by atoms with Crippen LogP contribution in [0.25, 0.3) is 0 Å². The minimum Gasteiger partial charge on any atom is -0.371 e. The molecule has 0 radical (unpaired) electrons. The molecule has 0 aromatic rings. The summed E-state index contributed by atoms with van der Waals surface area (Å²) in [6.45, 7) is 5.68. The largest absolute Gasteiger partial charge is 0.371 e. The van der Waals surface area contributed by atoms with Gasteiger partial charge in [0.05, 0.1) is 11.7 Å². The summed E-state index contributed by atoms with van der Waals surface area (Å²) in [7, 11) is 0. The summed E-state index contributed by atoms with van der Waals surface area (Å²) in [5.41, 5.74) is 5.04. The number of hydrogen-bond donors (Lipinski definition) is 2. The van der Waals surface area contributed by atoms with Crippen LogP contribution in [0, 0.1) is 0 Å². The van der Waals surface area contributed by atoms with E-state index >= 15 is 0 Å². The Bertz CT molecular complexity index is 204. The molecule has 0 spiro atoms. The number of hydrogen-bond acceptors (Lipinski definition) is 3. The van der Waals surface area contributed by atoms with Crippen LogP contribution in [-0.2, 0) is 9.53 Å². The van der Waals surface area contributed by atoms with E-state index < -0.39 is 0 Å². The number of rotatable bonds is 5. The zero-order valence-electron chi connectivity index (χ0n) is 9.01. The van der Waals surface area contributed by atoms with E-state index in [-0.39, 0.29) is 17.6 Å². The summed E-state index contributed by atoms with van der Waals surface area (Å²) in [5, 5.41) is 3.17. The quantitative estimate of drug-likeness (QED) is 0.632. The first-order valence-electron chi connectivity index (χ1n) is 5.16. The first-order chi connectivity index (χ1) is 6.49. The summed E-state index contributed by atoms with van der Waals surface area (Å²) in [5.74, 6) is -0.259. The van der Waals surface area contributed by atoms with Gasteiger partial charge < -0.3 is 15.8 Å². The predicted octanol–water partition coefficient (Wildman–Crippen LogP) is 0.409. The number of ether oxygens (including phenoxy) is 1. The van der Waals surface area contributed by atoms with E-state index in [0.29, 0.717) is 13.0 Å². The predicted molar refractivity (Wildman–Crippen MR) is 54.9 cm³/mol. The van der Waals surface area contributed by atoms with Crippen molar-refractivity contribution in [1.29, 1.82) is 0 Å². The Morgan fingerprint density at radius 3 is 2.86 bits per heavy atom. The van der Waals surface area contributed by atoms with Crippen LogP contribution < -0.4 is 11.1 Å². The fraction of sp³-hybridized carbons (Fsp3) is 0.900. The van der Waals surface area contributed by atoms with Crippen molar-refractivity contribution in [3.8, 4) is 0 Å². The maximum Gasteiger partial charge on any atom is 0.218 e. The van der Waals surface area contributed by atoms with Crippen molar-refractivity contribution in [2.45, 2.75) is 44.8 Å². The highest BCUT2D eigenvalue weighted by Gasteiger charge is 2.30. The smallest absolute Gasteiger partial charge is 0.218 e. The second-order valence-corrected chi connectivity index (χ2v) is 4.46. The van der Waals surface area contributed by atoms with Crippen LogP contribution in [0.3, 0.4) is 0 Å². The molecule has 4 nitrogen and oxygen atoms in total. The lowest BCUT2D eigenvalue weighted by molar-refractivity contribution is -0.117. The van der Waals surface area contributed by atoms with Crippen molar-refractivity contribution in [3.63, 3.8) is 0 Å². The van der Waals surface area contributed by atoms with Gasteiger partial charge in [0.15, 0.2) is 0 Å². The molecule has 0 aliphatic carbocycles. The second kappa shape index (κ2) is 4.75. The highest BCUT2D eigenvalue weighted by atomic mass is 16.5. The van der Waals surface area contributed by atoms with E-state index in [2.05, 4.69) is 19.2 Å². The van der Waals surface area contributed by atoms with Crippen LogP contribution in [0.2, 0.25) is 0 Å². The summed E-state index contributed by atoms with van der Waals surface area (Å²) < 4.78 is 5.78. The number of amides is 1. The van der Waals surface area contributed by atoms with Crippen molar-refractivity contribution >= 4 is 5.91 Å². The molecular weight excluding hydrogens is 180 g/mol. The third-order valence-electron chi connectivity index (χ3n) is 2.47. The van der Waals surface area contributed by atoms with Gasteiger partial charge in [-0.1, -0.05) is 0 Å². The third kappa shape index (κ3) is 4.07. The molecule has 1 saturated heterocycles. The van der Waals surface area contributed by atoms with Gasteiger partial charge in [-0.3, -0.25) is 4.79 Å². The number of nitrogens with one attached hydrogen (secondary N) is 1. The molecule has 0 aromatic carbocycles. The van der Waals surface area contributed by atoms with Crippen LogP contribution in [-0.4, -0.2) is 30.7 Å². The average Bonchev–Trinajstić information content (AvgIpc) is 2.39. The Hall–Kier alpha value is -0.610. The Morgan fingerprint density at radius 2 is 2.36 bits per heavy atom. The molecule has 14 heavy (non-hydrogen) atoms. The summed E-state index contributed by atoms with van der Waals surface area (Å²) >= 11 is 0. The Morgan fingerprint density at radius 1 is 1.64 bits per heavy atom. The number of carbonyl (C=O) groups excluding carboxylic acids is 1. The van der Waals surface area contributed by atoms with E-state index in [1.807, 2.05) is 0 Å². The second-order valence-electron chi connectivity index (χ2n) is 4.46. The minimum atomic E-state index is -0.259. The summed E-state index contributed by atoms with van der Waals surface area (Å²) in [4.78, 5) is 10.4. The molecule has 3 N–H and O–H groups in total. The lowest BCUT2D eigenvalue weighted by Crippen LogP contribution is -2.31. The third-order valence-corrected chi connectivity index (χ3v) is 2.47. The fourth-order valence-corrected chi connectivity index (χ4v) is 1.70. The van der Waals surface area contributed by atoms with Crippen LogP contribution in [0.5, 0.6) is 0 Å². The highest BCUT2D eigenvalue weighted by molar-refractivity contribution is 5.73. The molecule has 0 saturated carbocycles. The zero-order valence-corrected chi connectivity index (χ0v) is 9.01. The van der Waals surface area contributed by atoms with Crippen molar-refractivity contribution < 1.29 is 9.53 Å². The van der Waals surface area contributed by atoms with Gasteiger partial charge in [-0.25, -0.2) is 0 Å². The van der Waals surface area contributed by atoms with E-state index in [9.17, 15) is 4.79 Å². The Kier molecular flexibility index (Phi) is 3.89. The van der Waals surface area contributed by atoms with Crippen LogP contribution in [0.1, 0.15) is 33.1 Å². The normalized spacial score (nSPS) is 25.1. The minimum absolute atomic E-state index is 0.0238. The van der Waals surface area contributed by atoms with Gasteiger partial charge in [-0.2, -0.15) is 0 Å². The van der Waals surface area contributed by atoms with Crippen molar-refractivity contribution in [1.82, 2.24) is 5.32 Å². The summed E-state index contributed by atoms with van der Waals surface area (Å²) in [6, 6.07) is 0. The Balaban J connectivity index is 2.06. The molecule has 0 bridgehead atoms. The van der Waals surface area contributed by atoms with Crippen molar-refractivity contribution in [2.75, 3.05) is 13.1 Å². The molecule has 4 heteroatoms. The molecule has 1 unspecified atom stereocenters. The highest BCUT2D eigenvalue weighted by Crippen LogP contribution is 2.28. The summed E-state index contributed by atoms with van der Waals surface area (Å²) in [6.07, 6.45) is 2.89. The molecule has 1 atom stereocenters. The van der Waals surface area contributed by atoms with Crippen LogP contribution in [0.4, 0.5) is 0 Å². The fourth-order valence-electron chi connectivity index (χ4n) is 1.70. The van der Waals surface area contributed by atoms with E-state index in [1.54, 1.807) is 0 Å².